The van der Waals surface area contributed by atoms with Crippen molar-refractivity contribution in [3.8, 4) is 0 Å². The number of amides is 1. The lowest BCUT2D eigenvalue weighted by molar-refractivity contribution is -0.129. The van der Waals surface area contributed by atoms with Gasteiger partial charge in [0, 0.05) is 39.9 Å². The van der Waals surface area contributed by atoms with Gasteiger partial charge in [0.2, 0.25) is 5.91 Å². The molecule has 6 nitrogen and oxygen atoms in total. The lowest BCUT2D eigenvalue weighted by atomic mass is 10.2. The Morgan fingerprint density at radius 1 is 1.55 bits per heavy atom. The molecule has 1 amide bonds. The summed E-state index contributed by atoms with van der Waals surface area (Å²) in [6.45, 7) is 6.52. The maximum absolute atomic E-state index is 12.1. The third kappa shape index (κ3) is 6.17. The molecule has 0 aliphatic carbocycles. The summed E-state index contributed by atoms with van der Waals surface area (Å²) in [6.07, 6.45) is 1.03. The van der Waals surface area contributed by atoms with E-state index in [0.29, 0.717) is 19.8 Å². The summed E-state index contributed by atoms with van der Waals surface area (Å²) in [5, 5.41) is 2.96. The number of methoxy groups -OCH3 is 1. The van der Waals surface area contributed by atoms with Crippen molar-refractivity contribution in [2.75, 3.05) is 60.6 Å². The summed E-state index contributed by atoms with van der Waals surface area (Å²) in [6, 6.07) is -0.105. The Hall–Kier alpha value is -0.690. The zero-order chi connectivity index (χ0) is 15.0. The van der Waals surface area contributed by atoms with Gasteiger partial charge < -0.3 is 19.7 Å². The smallest absolute Gasteiger partial charge is 0.237 e. The maximum Gasteiger partial charge on any atom is 0.237 e. The van der Waals surface area contributed by atoms with Crippen molar-refractivity contribution in [2.24, 2.45) is 0 Å². The molecule has 1 saturated heterocycles. The van der Waals surface area contributed by atoms with Crippen LogP contribution in [0.5, 0.6) is 0 Å². The molecule has 1 aliphatic heterocycles. The van der Waals surface area contributed by atoms with Crippen molar-refractivity contribution in [1.29, 1.82) is 0 Å². The van der Waals surface area contributed by atoms with Crippen molar-refractivity contribution in [3.63, 3.8) is 0 Å². The van der Waals surface area contributed by atoms with Crippen LogP contribution in [0.15, 0.2) is 0 Å². The van der Waals surface area contributed by atoms with Gasteiger partial charge in [-0.15, -0.1) is 0 Å². The summed E-state index contributed by atoms with van der Waals surface area (Å²) in [5.41, 5.74) is 0. The minimum Gasteiger partial charge on any atom is -0.385 e. The van der Waals surface area contributed by atoms with Gasteiger partial charge >= 0.3 is 0 Å². The molecule has 0 unspecified atom stereocenters. The van der Waals surface area contributed by atoms with Crippen LogP contribution in [0.25, 0.3) is 0 Å². The van der Waals surface area contributed by atoms with E-state index < -0.39 is 0 Å². The lowest BCUT2D eigenvalue weighted by Crippen LogP contribution is -2.54. The summed E-state index contributed by atoms with van der Waals surface area (Å²) in [7, 11) is 5.74. The van der Waals surface area contributed by atoms with Crippen LogP contribution >= 0.6 is 0 Å². The molecule has 0 bridgehead atoms. The quantitative estimate of drug-likeness (QED) is 0.626. The molecule has 0 radical (unpaired) electrons. The van der Waals surface area contributed by atoms with Gasteiger partial charge in [-0.25, -0.2) is 0 Å². The first-order chi connectivity index (χ1) is 9.54. The Bertz CT molecular complexity index is 287. The second kappa shape index (κ2) is 9.28. The fraction of sp³-hybridized carbons (Fsp3) is 0.929. The fourth-order valence-electron chi connectivity index (χ4n) is 2.35. The van der Waals surface area contributed by atoms with E-state index in [1.54, 1.807) is 7.11 Å². The number of carbonyl (C=O) groups excluding carboxylic acids is 1. The molecule has 6 heteroatoms. The highest BCUT2D eigenvalue weighted by Crippen LogP contribution is 2.10. The van der Waals surface area contributed by atoms with Crippen LogP contribution in [0.2, 0.25) is 0 Å². The van der Waals surface area contributed by atoms with E-state index in [2.05, 4.69) is 15.1 Å². The second-order valence-electron chi connectivity index (χ2n) is 5.56. The highest BCUT2D eigenvalue weighted by molar-refractivity contribution is 5.81. The maximum atomic E-state index is 12.1. The first-order valence-electron chi connectivity index (χ1n) is 7.31. The van der Waals surface area contributed by atoms with E-state index in [1.165, 1.54) is 0 Å². The number of morpholine rings is 1. The number of nitrogens with zero attached hydrogens (tertiary/aromatic N) is 2. The van der Waals surface area contributed by atoms with Gasteiger partial charge in [0.25, 0.3) is 0 Å². The minimum atomic E-state index is -0.105. The molecule has 1 fully saturated rings. The molecular weight excluding hydrogens is 258 g/mol. The van der Waals surface area contributed by atoms with Gasteiger partial charge in [-0.05, 0) is 27.4 Å². The van der Waals surface area contributed by atoms with E-state index in [-0.39, 0.29) is 18.1 Å². The van der Waals surface area contributed by atoms with E-state index in [0.717, 1.165) is 26.1 Å². The molecule has 1 N–H and O–H groups in total. The number of likely N-dealkylation sites (N-methyl/N-ethyl adjacent to an activating group) is 1. The van der Waals surface area contributed by atoms with Crippen molar-refractivity contribution in [2.45, 2.75) is 25.5 Å². The van der Waals surface area contributed by atoms with E-state index >= 15 is 0 Å². The van der Waals surface area contributed by atoms with Crippen molar-refractivity contribution >= 4 is 5.91 Å². The van der Waals surface area contributed by atoms with Crippen molar-refractivity contribution in [1.82, 2.24) is 15.1 Å². The fourth-order valence-corrected chi connectivity index (χ4v) is 2.35. The van der Waals surface area contributed by atoms with Gasteiger partial charge in [0.05, 0.1) is 18.8 Å². The summed E-state index contributed by atoms with van der Waals surface area (Å²) >= 11 is 0. The van der Waals surface area contributed by atoms with Crippen LogP contribution in [-0.2, 0) is 14.3 Å². The van der Waals surface area contributed by atoms with Crippen LogP contribution in [0.3, 0.4) is 0 Å². The van der Waals surface area contributed by atoms with Crippen LogP contribution < -0.4 is 5.32 Å². The molecule has 0 spiro atoms. The van der Waals surface area contributed by atoms with Gasteiger partial charge in [-0.2, -0.15) is 0 Å². The standard InChI is InChI=1S/C14H29N3O3/c1-12(14(18)15-6-5-8-19-4)17-7-9-20-13(11-17)10-16(2)3/h12-13H,5-11H2,1-4H3,(H,15,18)/t12-,13-/m0/s1. The van der Waals surface area contributed by atoms with Gasteiger partial charge in [0.15, 0.2) is 0 Å². The normalized spacial score (nSPS) is 21.9. The number of rotatable bonds is 8. The average molecular weight is 287 g/mol. The van der Waals surface area contributed by atoms with Crippen LogP contribution in [0, 0.1) is 0 Å². The Labute approximate surface area is 122 Å². The highest BCUT2D eigenvalue weighted by atomic mass is 16.5. The molecule has 118 valence electrons. The van der Waals surface area contributed by atoms with Crippen LogP contribution in [0.4, 0.5) is 0 Å². The third-order valence-corrected chi connectivity index (χ3v) is 3.49. The number of ether oxygens (including phenoxy) is 2. The van der Waals surface area contributed by atoms with E-state index in [4.69, 9.17) is 9.47 Å². The van der Waals surface area contributed by atoms with Crippen molar-refractivity contribution in [3.05, 3.63) is 0 Å². The minimum absolute atomic E-state index is 0.0895. The molecule has 0 aromatic heterocycles. The Morgan fingerprint density at radius 2 is 2.30 bits per heavy atom. The summed E-state index contributed by atoms with van der Waals surface area (Å²) in [4.78, 5) is 16.4. The van der Waals surface area contributed by atoms with Crippen molar-refractivity contribution < 1.29 is 14.3 Å². The molecule has 20 heavy (non-hydrogen) atoms. The predicted octanol–water partition coefficient (Wildman–Crippen LogP) is -0.210. The molecule has 0 aromatic rings. The largest absolute Gasteiger partial charge is 0.385 e. The third-order valence-electron chi connectivity index (χ3n) is 3.49. The SMILES string of the molecule is COCCCNC(=O)[C@H](C)N1CCO[C@@H](CN(C)C)C1. The Balaban J connectivity index is 2.33. The Kier molecular flexibility index (Phi) is 8.06. The predicted molar refractivity (Wildman–Crippen MR) is 78.8 cm³/mol. The van der Waals surface area contributed by atoms with Gasteiger partial charge in [-0.3, -0.25) is 9.69 Å². The van der Waals surface area contributed by atoms with Gasteiger partial charge in [0.1, 0.15) is 0 Å². The van der Waals surface area contributed by atoms with Crippen LogP contribution in [-0.4, -0.2) is 88.5 Å². The second-order valence-corrected chi connectivity index (χ2v) is 5.56. The molecule has 1 rings (SSSR count). The zero-order valence-corrected chi connectivity index (χ0v) is 13.2. The monoisotopic (exact) mass is 287 g/mol. The molecular formula is C14H29N3O3. The Morgan fingerprint density at radius 3 is 2.95 bits per heavy atom. The molecule has 0 saturated carbocycles. The van der Waals surface area contributed by atoms with Crippen LogP contribution in [0.1, 0.15) is 13.3 Å². The number of hydrogen-bond donors (Lipinski definition) is 1. The summed E-state index contributed by atoms with van der Waals surface area (Å²) in [5.74, 6) is 0.0895. The molecule has 1 heterocycles. The first kappa shape index (κ1) is 17.4. The highest BCUT2D eigenvalue weighted by Gasteiger charge is 2.27. The number of hydrogen-bond acceptors (Lipinski definition) is 5. The molecule has 1 aliphatic rings. The number of nitrogens with one attached hydrogen (secondary N) is 1. The topological polar surface area (TPSA) is 54.0 Å². The zero-order valence-electron chi connectivity index (χ0n) is 13.2. The first-order valence-corrected chi connectivity index (χ1v) is 7.31. The van der Waals surface area contributed by atoms with Gasteiger partial charge in [-0.1, -0.05) is 0 Å². The molecule has 2 atom stereocenters. The summed E-state index contributed by atoms with van der Waals surface area (Å²) < 4.78 is 10.7. The van der Waals surface area contributed by atoms with E-state index in [1.807, 2.05) is 21.0 Å². The number of carbonyl (C=O) groups is 1. The van der Waals surface area contributed by atoms with E-state index in [9.17, 15) is 4.79 Å². The molecule has 0 aromatic carbocycles. The average Bonchev–Trinajstić information content (AvgIpc) is 2.42. The lowest BCUT2D eigenvalue weighted by Gasteiger charge is -2.37.